The molecule has 0 spiro atoms. The number of nitrogens with zero attached hydrogens (tertiary/aromatic N) is 2. The Kier molecular flexibility index (Phi) is 18.1. The van der Waals surface area contributed by atoms with Crippen molar-refractivity contribution in [1.29, 1.82) is 0 Å². The van der Waals surface area contributed by atoms with E-state index in [2.05, 4.69) is 90.7 Å². The van der Waals surface area contributed by atoms with E-state index in [1.54, 1.807) is 5.18 Å². The molecule has 9 unspecified atom stereocenters. The van der Waals surface area contributed by atoms with E-state index < -0.39 is 0 Å². The van der Waals surface area contributed by atoms with Gasteiger partial charge in [0.25, 0.3) is 6.41 Å². The molecule has 0 aliphatic heterocycles. The van der Waals surface area contributed by atoms with Gasteiger partial charge in [-0.3, -0.25) is 9.78 Å². The van der Waals surface area contributed by atoms with Crippen LogP contribution < -0.4 is 5.32 Å². The lowest BCUT2D eigenvalue weighted by molar-refractivity contribution is -0.370. The van der Waals surface area contributed by atoms with Gasteiger partial charge in [0, 0.05) is 35.2 Å². The van der Waals surface area contributed by atoms with Crippen LogP contribution in [0.25, 0.3) is 0 Å². The van der Waals surface area contributed by atoms with E-state index in [1.165, 1.54) is 69.0 Å². The average Bonchev–Trinajstić information content (AvgIpc) is 3.52. The van der Waals surface area contributed by atoms with Crippen LogP contribution in [0, 0.1) is 80.3 Å². The van der Waals surface area contributed by atoms with E-state index in [1.807, 2.05) is 40.1 Å². The fourth-order valence-electron chi connectivity index (χ4n) is 12.7. The summed E-state index contributed by atoms with van der Waals surface area (Å²) in [7, 11) is 0. The third kappa shape index (κ3) is 9.87. The number of amides is 1. The molecule has 10 atom stereocenters. The van der Waals surface area contributed by atoms with Gasteiger partial charge in [-0.05, 0) is 145 Å². The van der Waals surface area contributed by atoms with E-state index >= 15 is 0 Å². The summed E-state index contributed by atoms with van der Waals surface area (Å²) in [5.74, 6) is 4.80. The lowest BCUT2D eigenvalue weighted by atomic mass is 9.36. The summed E-state index contributed by atoms with van der Waals surface area (Å²) in [6.07, 6.45) is 26.4. The number of hydrogen-bond donors (Lipinski definition) is 1. The fraction of sp³-hybridized carbons (Fsp3) is 0.787. The second-order valence-corrected chi connectivity index (χ2v) is 18.7. The zero-order valence-corrected chi connectivity index (χ0v) is 36.5. The Balaban J connectivity index is 0.000000920. The summed E-state index contributed by atoms with van der Waals surface area (Å²) < 4.78 is 0. The largest absolute Gasteiger partial charge is 0.388 e. The lowest BCUT2D eigenvalue weighted by Crippen LogP contribution is -2.63. The summed E-state index contributed by atoms with van der Waals surface area (Å²) >= 11 is 0. The van der Waals surface area contributed by atoms with Crippen molar-refractivity contribution in [2.75, 3.05) is 13.2 Å². The minimum absolute atomic E-state index is 0.0556. The molecule has 0 radical (unpaired) electrons. The van der Waals surface area contributed by atoms with Gasteiger partial charge in [-0.15, -0.1) is 17.8 Å². The first-order chi connectivity index (χ1) is 25.6. The number of carbonyl (C=O) groups excluding carboxylic acids is 1. The maximum absolute atomic E-state index is 8.69. The molecule has 5 aliphatic rings. The highest BCUT2D eigenvalue weighted by Gasteiger charge is 2.67. The first kappa shape index (κ1) is 47.6. The Labute approximate surface area is 331 Å². The van der Waals surface area contributed by atoms with E-state index in [9.17, 15) is 0 Å². The molecule has 7 nitrogen and oxygen atoms in total. The monoisotopic (exact) mass is 750 g/mol. The maximum atomic E-state index is 8.69. The molecule has 0 aromatic carbocycles. The Morgan fingerprint density at radius 1 is 0.926 bits per heavy atom. The second kappa shape index (κ2) is 20.6. The molecule has 0 bridgehead atoms. The highest BCUT2D eigenvalue weighted by atomic mass is 17.2. The second-order valence-electron chi connectivity index (χ2n) is 18.7. The van der Waals surface area contributed by atoms with Gasteiger partial charge in [-0.2, -0.15) is 0 Å². The molecule has 0 saturated heterocycles. The number of nitrogens with one attached hydrogen (secondary N) is 1. The van der Waals surface area contributed by atoms with Crippen molar-refractivity contribution < 1.29 is 14.6 Å². The van der Waals surface area contributed by atoms with Crippen molar-refractivity contribution in [1.82, 2.24) is 10.3 Å². The van der Waals surface area contributed by atoms with Crippen LogP contribution in [-0.2, 0) is 21.0 Å². The Bertz CT molecular complexity index is 1320. The van der Waals surface area contributed by atoms with Gasteiger partial charge in [0.15, 0.2) is 0 Å². The molecule has 1 heterocycles. The summed E-state index contributed by atoms with van der Waals surface area (Å²) in [4.78, 5) is 33.6. The molecule has 5 aliphatic carbocycles. The van der Waals surface area contributed by atoms with Crippen LogP contribution in [0.3, 0.4) is 0 Å². The van der Waals surface area contributed by atoms with Gasteiger partial charge in [0.05, 0.1) is 12.7 Å². The van der Waals surface area contributed by atoms with Crippen LogP contribution in [0.5, 0.6) is 0 Å². The third-order valence-corrected chi connectivity index (χ3v) is 14.7. The SMILES string of the molecule is C#C.C=C(NCCc1ccncc1)C12CCC3C(CCC4C3(C)CCC3C(C)(C)C(OOCC(C)(C)C)CCC34C)C1[C@H](C)CC2.CC.CC.O=CN=O. The van der Waals surface area contributed by atoms with Gasteiger partial charge >= 0.3 is 0 Å². The van der Waals surface area contributed by atoms with Gasteiger partial charge in [0.2, 0.25) is 0 Å². The lowest BCUT2D eigenvalue weighted by Gasteiger charge is -2.69. The van der Waals surface area contributed by atoms with E-state index in [0.29, 0.717) is 23.4 Å². The molecule has 1 N–H and O–H groups in total. The highest BCUT2D eigenvalue weighted by molar-refractivity contribution is 5.46. The van der Waals surface area contributed by atoms with Crippen molar-refractivity contribution in [3.05, 3.63) is 47.3 Å². The number of pyridine rings is 1. The molecule has 6 rings (SSSR count). The molecule has 5 saturated carbocycles. The van der Waals surface area contributed by atoms with Crippen LogP contribution in [0.1, 0.15) is 153 Å². The zero-order valence-electron chi connectivity index (χ0n) is 36.5. The number of allylic oxidation sites excluding steroid dienone is 1. The van der Waals surface area contributed by atoms with Gasteiger partial charge in [-0.1, -0.05) is 89.7 Å². The van der Waals surface area contributed by atoms with Gasteiger partial charge in [0.1, 0.15) is 0 Å². The molecule has 1 aromatic heterocycles. The van der Waals surface area contributed by atoms with Crippen molar-refractivity contribution in [3.8, 4) is 12.8 Å². The number of aromatic nitrogens is 1. The van der Waals surface area contributed by atoms with Gasteiger partial charge < -0.3 is 5.32 Å². The molecule has 54 heavy (non-hydrogen) atoms. The molecule has 1 amide bonds. The number of terminal acetylenes is 1. The van der Waals surface area contributed by atoms with Gasteiger partial charge in [-0.25, -0.2) is 9.78 Å². The minimum atomic E-state index is -0.0556. The Morgan fingerprint density at radius 2 is 1.52 bits per heavy atom. The minimum Gasteiger partial charge on any atom is -0.388 e. The fourth-order valence-corrected chi connectivity index (χ4v) is 12.7. The highest BCUT2D eigenvalue weighted by Crippen LogP contribution is 2.74. The Hall–Kier alpha value is -2.56. The number of rotatable bonds is 9. The van der Waals surface area contributed by atoms with Crippen molar-refractivity contribution >= 4 is 6.41 Å². The van der Waals surface area contributed by atoms with Crippen molar-refractivity contribution in [3.63, 3.8) is 0 Å². The summed E-state index contributed by atoms with van der Waals surface area (Å²) in [5.41, 5.74) is 4.09. The molecular formula is C47H79N3O4. The number of nitroso groups, excluding NO2 is 1. The zero-order chi connectivity index (χ0) is 41.0. The predicted molar refractivity (Wildman–Crippen MR) is 225 cm³/mol. The average molecular weight is 750 g/mol. The molecule has 306 valence electrons. The van der Waals surface area contributed by atoms with Crippen molar-refractivity contribution in [2.24, 2.45) is 67.8 Å². The van der Waals surface area contributed by atoms with Crippen LogP contribution in [0.2, 0.25) is 0 Å². The summed E-state index contributed by atoms with van der Waals surface area (Å²) in [5, 5.41) is 5.69. The first-order valence-electron chi connectivity index (χ1n) is 21.3. The molecule has 7 heteroatoms. The van der Waals surface area contributed by atoms with Crippen molar-refractivity contribution in [2.45, 2.75) is 160 Å². The Morgan fingerprint density at radius 3 is 2.11 bits per heavy atom. The number of carbonyl (C=O) groups is 1. The smallest absolute Gasteiger partial charge is 0.274 e. The van der Waals surface area contributed by atoms with E-state index in [0.717, 1.165) is 49.0 Å². The normalized spacial score (nSPS) is 35.6. The van der Waals surface area contributed by atoms with Crippen LogP contribution in [0.15, 0.2) is 42.0 Å². The van der Waals surface area contributed by atoms with Crippen LogP contribution in [0.4, 0.5) is 0 Å². The van der Waals surface area contributed by atoms with Crippen LogP contribution in [-0.4, -0.2) is 30.6 Å². The summed E-state index contributed by atoms with van der Waals surface area (Å²) in [6, 6.07) is 4.29. The molecule has 5 fully saturated rings. The van der Waals surface area contributed by atoms with E-state index in [4.69, 9.17) is 26.1 Å². The topological polar surface area (TPSA) is 89.9 Å². The summed E-state index contributed by atoms with van der Waals surface area (Å²) in [6.45, 7) is 34.1. The quantitative estimate of drug-likeness (QED) is 0.0889. The standard InChI is InChI=1S/C40H64N2O2.2C2H6.C2H2.CHNO2/c1-27-12-21-40(28(2)42-25-18-29-16-23-41-24-17-29)22-13-31-30(35(27)40)10-11-33-38(31,8)19-14-32-37(6,7)34(15-20-39(32,33)9)44-43-26-36(3,4)5;3*1-2;3-1-2-4/h16-17,23-24,27,30-35,42H,2,10-15,18-22,25-26H2,1,3-9H3;2*1-2H3;1-2H;1H/t27-,30?,31?,32?,33?,34?,35?,38?,39?,40?;;;;/m1..../s1. The first-order valence-corrected chi connectivity index (χ1v) is 21.3. The van der Waals surface area contributed by atoms with E-state index in [-0.39, 0.29) is 28.8 Å². The predicted octanol–water partition coefficient (Wildman–Crippen LogP) is 12.0. The molecule has 1 aromatic rings. The maximum Gasteiger partial charge on any atom is 0.274 e. The number of fused-ring (bicyclic) bond motifs is 7. The number of hydrogen-bond acceptors (Lipinski definition) is 6. The molecular weight excluding hydrogens is 671 g/mol. The third-order valence-electron chi connectivity index (χ3n) is 14.7. The van der Waals surface area contributed by atoms with Crippen LogP contribution >= 0.6 is 0 Å².